The molecule has 0 unspecified atom stereocenters. The number of hydrogen-bond acceptors (Lipinski definition) is 8. The van der Waals surface area contributed by atoms with Gasteiger partial charge in [-0.3, -0.25) is 4.79 Å². The van der Waals surface area contributed by atoms with Gasteiger partial charge in [-0.05, 0) is 38.4 Å². The summed E-state index contributed by atoms with van der Waals surface area (Å²) in [5.74, 6) is 0.664. The molecule has 192 valence electrons. The van der Waals surface area contributed by atoms with E-state index < -0.39 is 0 Å². The van der Waals surface area contributed by atoms with Gasteiger partial charge in [0.15, 0.2) is 0 Å². The molecule has 37 heavy (non-hydrogen) atoms. The number of ether oxygens (including phenoxy) is 1. The van der Waals surface area contributed by atoms with Crippen LogP contribution in [0.5, 0.6) is 5.75 Å². The van der Waals surface area contributed by atoms with Crippen molar-refractivity contribution in [1.29, 1.82) is 0 Å². The second-order valence-electron chi connectivity index (χ2n) is 8.83. The van der Waals surface area contributed by atoms with Gasteiger partial charge >= 0.3 is 0 Å². The third kappa shape index (κ3) is 5.65. The van der Waals surface area contributed by atoms with Crippen molar-refractivity contribution in [3.63, 3.8) is 0 Å². The van der Waals surface area contributed by atoms with E-state index in [1.807, 2.05) is 57.8 Å². The molecule has 0 saturated carbocycles. The van der Waals surface area contributed by atoms with Crippen molar-refractivity contribution >= 4 is 40.7 Å². The van der Waals surface area contributed by atoms with E-state index >= 15 is 0 Å². The number of likely N-dealkylation sites (N-methyl/N-ethyl adjacent to an activating group) is 2. The molecule has 0 aliphatic carbocycles. The van der Waals surface area contributed by atoms with Gasteiger partial charge in [-0.15, -0.1) is 0 Å². The van der Waals surface area contributed by atoms with Crippen molar-refractivity contribution in [2.24, 2.45) is 0 Å². The first kappa shape index (κ1) is 25.5. The van der Waals surface area contributed by atoms with E-state index in [4.69, 9.17) is 9.72 Å². The summed E-state index contributed by atoms with van der Waals surface area (Å²) in [6.45, 7) is 9.20. The molecule has 0 atom stereocenters. The first-order valence-electron chi connectivity index (χ1n) is 11.8. The van der Waals surface area contributed by atoms with E-state index in [9.17, 15) is 4.79 Å². The molecule has 1 amide bonds. The zero-order valence-corrected chi connectivity index (χ0v) is 21.6. The number of anilines is 4. The zero-order valence-electron chi connectivity index (χ0n) is 21.6. The number of aromatic nitrogens is 3. The van der Waals surface area contributed by atoms with E-state index in [0.717, 1.165) is 47.0 Å². The number of H-pyrrole nitrogens is 1. The van der Waals surface area contributed by atoms with E-state index in [1.165, 1.54) is 6.08 Å². The topological polar surface area (TPSA) is 110 Å². The van der Waals surface area contributed by atoms with Crippen LogP contribution in [-0.2, 0) is 4.79 Å². The largest absolute Gasteiger partial charge is 0.494 e. The number of methoxy groups -OCH3 is 1. The third-order valence-electron chi connectivity index (χ3n) is 5.96. The first-order valence-corrected chi connectivity index (χ1v) is 11.8. The molecule has 10 nitrogen and oxygen atoms in total. The Morgan fingerprint density at radius 3 is 2.76 bits per heavy atom. The lowest BCUT2D eigenvalue weighted by atomic mass is 10.0. The van der Waals surface area contributed by atoms with Crippen molar-refractivity contribution in [1.82, 2.24) is 25.2 Å². The average Bonchev–Trinajstić information content (AvgIpc) is 3.33. The number of aromatic amines is 1. The van der Waals surface area contributed by atoms with Gasteiger partial charge in [0.2, 0.25) is 11.9 Å². The summed E-state index contributed by atoms with van der Waals surface area (Å²) in [7, 11) is 7.60. The quantitative estimate of drug-likeness (QED) is 0.311. The highest BCUT2D eigenvalue weighted by atomic mass is 16.5. The van der Waals surface area contributed by atoms with Crippen molar-refractivity contribution in [2.75, 3.05) is 56.9 Å². The molecule has 4 N–H and O–H groups in total. The highest BCUT2D eigenvalue weighted by molar-refractivity contribution is 6.02. The predicted molar refractivity (Wildman–Crippen MR) is 150 cm³/mol. The normalized spacial score (nSPS) is 12.1. The monoisotopic (exact) mass is 500 g/mol. The van der Waals surface area contributed by atoms with Gasteiger partial charge in [0, 0.05) is 55.9 Å². The van der Waals surface area contributed by atoms with Gasteiger partial charge < -0.3 is 35.5 Å². The Balaban J connectivity index is 1.68. The molecule has 1 aliphatic rings. The standard InChI is InChI=1S/C27H32N8O2/c1-7-25(36)31-21-14-22(24(37-6)15-23(21)35(5)13-12-34(3)4)33-27-29-11-9-20(32-27)19-16-30-26-17(2)28-10-8-18(19)26/h7-11,14-16,28,30H,1-2,12-13H2,3-6H3,(H,31,36)(H,29,32,33). The molecule has 0 saturated heterocycles. The third-order valence-corrected chi connectivity index (χ3v) is 5.96. The number of nitrogens with zero attached hydrogens (tertiary/aromatic N) is 4. The maximum atomic E-state index is 12.2. The highest BCUT2D eigenvalue weighted by Crippen LogP contribution is 2.38. The van der Waals surface area contributed by atoms with Crippen LogP contribution in [0, 0.1) is 0 Å². The summed E-state index contributed by atoms with van der Waals surface area (Å²) < 4.78 is 5.69. The molecule has 1 aromatic carbocycles. The fraction of sp³-hybridized carbons (Fsp3) is 0.222. The molecule has 10 heteroatoms. The summed E-state index contributed by atoms with van der Waals surface area (Å²) >= 11 is 0. The zero-order chi connectivity index (χ0) is 26.5. The van der Waals surface area contributed by atoms with Gasteiger partial charge in [0.25, 0.3) is 0 Å². The summed E-state index contributed by atoms with van der Waals surface area (Å²) in [5, 5.41) is 9.26. The Bertz CT molecular complexity index is 1360. The molecular formula is C27H32N8O2. The molecular weight excluding hydrogens is 468 g/mol. The van der Waals surface area contributed by atoms with Crippen LogP contribution >= 0.6 is 0 Å². The fourth-order valence-corrected chi connectivity index (χ4v) is 3.96. The summed E-state index contributed by atoms with van der Waals surface area (Å²) in [4.78, 5) is 28.8. The van der Waals surface area contributed by atoms with Crippen molar-refractivity contribution in [2.45, 2.75) is 0 Å². The van der Waals surface area contributed by atoms with Crippen molar-refractivity contribution in [3.05, 3.63) is 67.3 Å². The van der Waals surface area contributed by atoms with Crippen LogP contribution in [0.3, 0.4) is 0 Å². The van der Waals surface area contributed by atoms with E-state index in [2.05, 4.69) is 48.9 Å². The number of hydrogen-bond donors (Lipinski definition) is 4. The number of carbonyl (C=O) groups is 1. The van der Waals surface area contributed by atoms with Crippen LogP contribution in [0.1, 0.15) is 11.3 Å². The van der Waals surface area contributed by atoms with Crippen molar-refractivity contribution < 1.29 is 9.53 Å². The molecule has 0 bridgehead atoms. The number of carbonyl (C=O) groups excluding carboxylic acids is 1. The fourth-order valence-electron chi connectivity index (χ4n) is 3.96. The average molecular weight is 501 g/mol. The van der Waals surface area contributed by atoms with E-state index in [-0.39, 0.29) is 5.91 Å². The van der Waals surface area contributed by atoms with Crippen LogP contribution < -0.4 is 25.6 Å². The number of nitrogens with one attached hydrogen (secondary N) is 4. The summed E-state index contributed by atoms with van der Waals surface area (Å²) in [5.41, 5.74) is 6.43. The van der Waals surface area contributed by atoms with Gasteiger partial charge in [-0.2, -0.15) is 0 Å². The van der Waals surface area contributed by atoms with E-state index in [0.29, 0.717) is 23.1 Å². The SMILES string of the molecule is C=CC(=O)Nc1cc(Nc2nccc(-c3c[nH]c4c3C=CNC4=C)n2)c(OC)cc1N(C)CCN(C)C. The minimum atomic E-state index is -0.307. The van der Waals surface area contributed by atoms with Crippen LogP contribution in [-0.4, -0.2) is 67.1 Å². The minimum Gasteiger partial charge on any atom is -0.494 e. The Morgan fingerprint density at radius 1 is 1.22 bits per heavy atom. The smallest absolute Gasteiger partial charge is 0.247 e. The lowest BCUT2D eigenvalue weighted by Gasteiger charge is -2.26. The van der Waals surface area contributed by atoms with Gasteiger partial charge in [0.05, 0.1) is 41.3 Å². The highest BCUT2D eigenvalue weighted by Gasteiger charge is 2.19. The van der Waals surface area contributed by atoms with Crippen LogP contribution in [0.4, 0.5) is 23.0 Å². The molecule has 0 fully saturated rings. The summed E-state index contributed by atoms with van der Waals surface area (Å²) in [6.07, 6.45) is 8.67. The second kappa shape index (κ2) is 11.0. The maximum Gasteiger partial charge on any atom is 0.247 e. The number of amides is 1. The van der Waals surface area contributed by atoms with Crippen LogP contribution in [0.25, 0.3) is 23.0 Å². The molecule has 0 spiro atoms. The first-order chi connectivity index (χ1) is 17.8. The van der Waals surface area contributed by atoms with Gasteiger partial charge in [-0.25, -0.2) is 9.97 Å². The number of benzene rings is 1. The number of rotatable bonds is 10. The molecule has 1 aliphatic heterocycles. The minimum absolute atomic E-state index is 0.307. The number of fused-ring (bicyclic) bond motifs is 1. The molecule has 3 heterocycles. The lowest BCUT2D eigenvalue weighted by Crippen LogP contribution is -2.29. The molecule has 3 aromatic rings. The second-order valence-corrected chi connectivity index (χ2v) is 8.83. The predicted octanol–water partition coefficient (Wildman–Crippen LogP) is 3.89. The van der Waals surface area contributed by atoms with Crippen LogP contribution in [0.15, 0.2) is 56.0 Å². The van der Waals surface area contributed by atoms with Gasteiger partial charge in [0.1, 0.15) is 5.75 Å². The molecule has 0 radical (unpaired) electrons. The van der Waals surface area contributed by atoms with E-state index in [1.54, 1.807) is 13.3 Å². The summed E-state index contributed by atoms with van der Waals surface area (Å²) in [6, 6.07) is 5.55. The van der Waals surface area contributed by atoms with Crippen LogP contribution in [0.2, 0.25) is 0 Å². The Hall–Kier alpha value is -4.57. The maximum absolute atomic E-state index is 12.2. The Kier molecular flexibility index (Phi) is 7.59. The lowest BCUT2D eigenvalue weighted by molar-refractivity contribution is -0.111. The Morgan fingerprint density at radius 2 is 2.03 bits per heavy atom. The molecule has 4 rings (SSSR count). The van der Waals surface area contributed by atoms with Crippen molar-refractivity contribution in [3.8, 4) is 17.0 Å². The Labute approximate surface area is 216 Å². The van der Waals surface area contributed by atoms with Gasteiger partial charge in [-0.1, -0.05) is 13.2 Å². The molecule has 2 aromatic heterocycles.